The summed E-state index contributed by atoms with van der Waals surface area (Å²) in [6.45, 7) is 4.34. The summed E-state index contributed by atoms with van der Waals surface area (Å²) in [7, 11) is 0. The number of hydrogen-bond donors (Lipinski definition) is 1. The molecule has 0 aliphatic carbocycles. The Hall–Kier alpha value is -1.85. The van der Waals surface area contributed by atoms with Crippen LogP contribution in [0.5, 0.6) is 0 Å². The quantitative estimate of drug-likeness (QED) is 0.822. The average Bonchev–Trinajstić information content (AvgIpc) is 3.07. The van der Waals surface area contributed by atoms with Crippen molar-refractivity contribution in [2.45, 2.75) is 0 Å². The summed E-state index contributed by atoms with van der Waals surface area (Å²) in [6, 6.07) is 5.76. The molecule has 2 rings (SSSR count). The van der Waals surface area contributed by atoms with Crippen LogP contribution in [0.15, 0.2) is 48.6 Å². The largest absolute Gasteiger partial charge is 0.395 e. The van der Waals surface area contributed by atoms with Crippen molar-refractivity contribution in [1.29, 1.82) is 0 Å². The maximum absolute atomic E-state index is 12.5. The van der Waals surface area contributed by atoms with E-state index in [-0.39, 0.29) is 12.5 Å². The molecule has 1 N–H and O–H groups in total. The van der Waals surface area contributed by atoms with E-state index in [2.05, 4.69) is 6.58 Å². The van der Waals surface area contributed by atoms with Gasteiger partial charge in [-0.15, -0.1) is 17.9 Å². The van der Waals surface area contributed by atoms with Crippen molar-refractivity contribution >= 4 is 17.2 Å². The Morgan fingerprint density at radius 1 is 1.47 bits per heavy atom. The first kappa shape index (κ1) is 13.6. The minimum Gasteiger partial charge on any atom is -0.395 e. The van der Waals surface area contributed by atoms with Crippen LogP contribution >= 0.6 is 11.3 Å². The van der Waals surface area contributed by atoms with E-state index in [4.69, 9.17) is 5.11 Å². The number of carbonyl (C=O) groups is 1. The lowest BCUT2D eigenvalue weighted by atomic mass is 10.3. The normalized spacial score (nSPS) is 10.4. The molecule has 0 bridgehead atoms. The van der Waals surface area contributed by atoms with Crippen molar-refractivity contribution in [2.24, 2.45) is 0 Å². The zero-order valence-electron chi connectivity index (χ0n) is 10.5. The maximum atomic E-state index is 12.5. The molecule has 5 heteroatoms. The van der Waals surface area contributed by atoms with Gasteiger partial charge in [-0.2, -0.15) is 0 Å². The number of hydrogen-bond acceptors (Lipinski definition) is 3. The van der Waals surface area contributed by atoms with Crippen LogP contribution in [0.25, 0.3) is 5.69 Å². The van der Waals surface area contributed by atoms with Crippen LogP contribution in [0.1, 0.15) is 9.67 Å². The molecule has 100 valence electrons. The molecule has 4 nitrogen and oxygen atoms in total. The summed E-state index contributed by atoms with van der Waals surface area (Å²) in [5, 5.41) is 10.9. The summed E-state index contributed by atoms with van der Waals surface area (Å²) in [4.78, 5) is 14.7. The maximum Gasteiger partial charge on any atom is 0.266 e. The summed E-state index contributed by atoms with van der Waals surface area (Å²) >= 11 is 1.41. The van der Waals surface area contributed by atoms with Gasteiger partial charge in [-0.1, -0.05) is 6.08 Å². The van der Waals surface area contributed by atoms with E-state index in [0.717, 1.165) is 5.69 Å². The molecule has 0 fully saturated rings. The molecule has 1 amide bonds. The van der Waals surface area contributed by atoms with Crippen LogP contribution in [0.4, 0.5) is 0 Å². The number of nitrogens with zero attached hydrogens (tertiary/aromatic N) is 2. The van der Waals surface area contributed by atoms with E-state index in [1.54, 1.807) is 11.0 Å². The van der Waals surface area contributed by atoms with Gasteiger partial charge in [-0.25, -0.2) is 0 Å². The van der Waals surface area contributed by atoms with E-state index >= 15 is 0 Å². The van der Waals surface area contributed by atoms with Crippen LogP contribution in [-0.2, 0) is 0 Å². The van der Waals surface area contributed by atoms with Crippen LogP contribution in [0.2, 0.25) is 0 Å². The zero-order chi connectivity index (χ0) is 13.7. The molecule has 2 heterocycles. The van der Waals surface area contributed by atoms with Gasteiger partial charge >= 0.3 is 0 Å². The summed E-state index contributed by atoms with van der Waals surface area (Å²) in [6.07, 6.45) is 5.47. The second-order valence-corrected chi connectivity index (χ2v) is 4.90. The van der Waals surface area contributed by atoms with E-state index in [0.29, 0.717) is 18.0 Å². The fourth-order valence-corrected chi connectivity index (χ4v) is 2.71. The second kappa shape index (κ2) is 6.36. The molecule has 0 saturated heterocycles. The first-order chi connectivity index (χ1) is 9.27. The predicted molar refractivity (Wildman–Crippen MR) is 76.8 cm³/mol. The van der Waals surface area contributed by atoms with Crippen molar-refractivity contribution in [1.82, 2.24) is 9.47 Å². The number of aromatic nitrogens is 1. The third-order valence-corrected chi connectivity index (χ3v) is 3.62. The smallest absolute Gasteiger partial charge is 0.266 e. The van der Waals surface area contributed by atoms with E-state index < -0.39 is 0 Å². The highest BCUT2D eigenvalue weighted by atomic mass is 32.1. The molecule has 19 heavy (non-hydrogen) atoms. The third kappa shape index (κ3) is 2.94. The molecular weight excluding hydrogens is 260 g/mol. The van der Waals surface area contributed by atoms with Crippen molar-refractivity contribution in [3.05, 3.63) is 53.5 Å². The fraction of sp³-hybridized carbons (Fsp3) is 0.214. The molecule has 0 aromatic carbocycles. The van der Waals surface area contributed by atoms with Crippen molar-refractivity contribution in [3.8, 4) is 5.69 Å². The SMILES string of the molecule is C=CCN(CCO)C(=O)c1sccc1-n1cccc1. The fourth-order valence-electron chi connectivity index (χ4n) is 1.86. The Kier molecular flexibility index (Phi) is 4.54. The molecular formula is C14H16N2O2S. The van der Waals surface area contributed by atoms with Crippen molar-refractivity contribution < 1.29 is 9.90 Å². The van der Waals surface area contributed by atoms with Gasteiger partial charge in [0.2, 0.25) is 0 Å². The Labute approximate surface area is 116 Å². The topological polar surface area (TPSA) is 45.5 Å². The van der Waals surface area contributed by atoms with Crippen LogP contribution in [-0.4, -0.2) is 40.2 Å². The average molecular weight is 276 g/mol. The Bertz CT molecular complexity index is 546. The second-order valence-electron chi connectivity index (χ2n) is 3.99. The van der Waals surface area contributed by atoms with Gasteiger partial charge in [-0.05, 0) is 23.6 Å². The Morgan fingerprint density at radius 2 is 2.21 bits per heavy atom. The lowest BCUT2D eigenvalue weighted by molar-refractivity contribution is 0.0747. The summed E-state index contributed by atoms with van der Waals surface area (Å²) in [5.41, 5.74) is 0.868. The number of aliphatic hydroxyl groups is 1. The molecule has 2 aromatic heterocycles. The molecule has 2 aromatic rings. The van der Waals surface area contributed by atoms with Crippen LogP contribution < -0.4 is 0 Å². The lowest BCUT2D eigenvalue weighted by Crippen LogP contribution is -2.33. The van der Waals surface area contributed by atoms with E-state index in [9.17, 15) is 4.79 Å². The van der Waals surface area contributed by atoms with Gasteiger partial charge in [0.05, 0.1) is 12.3 Å². The number of aliphatic hydroxyl groups excluding tert-OH is 1. The molecule has 0 unspecified atom stereocenters. The van der Waals surface area contributed by atoms with Crippen molar-refractivity contribution in [2.75, 3.05) is 19.7 Å². The van der Waals surface area contributed by atoms with E-state index in [1.807, 2.05) is 40.5 Å². The zero-order valence-corrected chi connectivity index (χ0v) is 11.3. The monoisotopic (exact) mass is 276 g/mol. The number of amides is 1. The number of thiophene rings is 1. The first-order valence-electron chi connectivity index (χ1n) is 5.99. The molecule has 0 aliphatic rings. The highest BCUT2D eigenvalue weighted by Gasteiger charge is 2.19. The molecule has 0 atom stereocenters. The summed E-state index contributed by atoms with van der Waals surface area (Å²) in [5.74, 6) is -0.0762. The number of rotatable bonds is 6. The molecule has 0 aliphatic heterocycles. The van der Waals surface area contributed by atoms with E-state index in [1.165, 1.54) is 11.3 Å². The minimum absolute atomic E-state index is 0.0518. The van der Waals surface area contributed by atoms with Gasteiger partial charge in [0.25, 0.3) is 5.91 Å². The van der Waals surface area contributed by atoms with Gasteiger partial charge in [0.1, 0.15) is 4.88 Å². The van der Waals surface area contributed by atoms with Crippen LogP contribution in [0, 0.1) is 0 Å². The standard InChI is InChI=1S/C14H16N2O2S/c1-2-6-16(9-10-17)14(18)13-12(5-11-19-13)15-7-3-4-8-15/h2-5,7-8,11,17H,1,6,9-10H2. The van der Waals surface area contributed by atoms with Gasteiger partial charge in [0, 0.05) is 25.5 Å². The minimum atomic E-state index is -0.0762. The molecule has 0 radical (unpaired) electrons. The first-order valence-corrected chi connectivity index (χ1v) is 6.87. The summed E-state index contributed by atoms with van der Waals surface area (Å²) < 4.78 is 1.91. The van der Waals surface area contributed by atoms with Crippen molar-refractivity contribution in [3.63, 3.8) is 0 Å². The molecule has 0 saturated carbocycles. The highest BCUT2D eigenvalue weighted by molar-refractivity contribution is 7.12. The lowest BCUT2D eigenvalue weighted by Gasteiger charge is -2.20. The third-order valence-electron chi connectivity index (χ3n) is 2.73. The van der Waals surface area contributed by atoms with Gasteiger partial charge < -0.3 is 14.6 Å². The van der Waals surface area contributed by atoms with Gasteiger partial charge in [0.15, 0.2) is 0 Å². The van der Waals surface area contributed by atoms with Gasteiger partial charge in [-0.3, -0.25) is 4.79 Å². The Balaban J connectivity index is 2.28. The highest BCUT2D eigenvalue weighted by Crippen LogP contribution is 2.23. The Morgan fingerprint density at radius 3 is 2.84 bits per heavy atom. The number of carbonyl (C=O) groups excluding carboxylic acids is 1. The predicted octanol–water partition coefficient (Wildman–Crippen LogP) is 2.16. The molecule has 0 spiro atoms. The van der Waals surface area contributed by atoms with Crippen LogP contribution in [0.3, 0.4) is 0 Å².